The molecule has 0 amide bonds. The van der Waals surface area contributed by atoms with E-state index in [0.29, 0.717) is 23.1 Å². The Kier molecular flexibility index (Phi) is 7.28. The highest BCUT2D eigenvalue weighted by atomic mass is 79.9. The van der Waals surface area contributed by atoms with Gasteiger partial charge in [0.2, 0.25) is 0 Å². The van der Waals surface area contributed by atoms with Crippen LogP contribution >= 0.6 is 27.5 Å². The van der Waals surface area contributed by atoms with Gasteiger partial charge in [-0.3, -0.25) is 0 Å². The lowest BCUT2D eigenvalue weighted by Gasteiger charge is -2.14. The molecule has 0 unspecified atom stereocenters. The number of ether oxygens (including phenoxy) is 2. The van der Waals surface area contributed by atoms with Gasteiger partial charge in [0.05, 0.1) is 12.1 Å². The Labute approximate surface area is 128 Å². The molecule has 0 saturated heterocycles. The van der Waals surface area contributed by atoms with E-state index in [1.54, 1.807) is 7.11 Å². The quantitative estimate of drug-likeness (QED) is 0.716. The van der Waals surface area contributed by atoms with Crippen molar-refractivity contribution in [3.05, 3.63) is 33.8 Å². The Morgan fingerprint density at radius 1 is 1.47 bits per heavy atom. The van der Waals surface area contributed by atoms with Gasteiger partial charge in [-0.1, -0.05) is 41.0 Å². The highest BCUT2D eigenvalue weighted by Gasteiger charge is 2.12. The van der Waals surface area contributed by atoms with E-state index in [9.17, 15) is 0 Å². The van der Waals surface area contributed by atoms with E-state index in [-0.39, 0.29) is 0 Å². The third-order valence-corrected chi connectivity index (χ3v) is 2.93. The smallest absolute Gasteiger partial charge is 0.180 e. The summed E-state index contributed by atoms with van der Waals surface area (Å²) >= 11 is 9.48. The minimum absolute atomic E-state index is 0.351. The molecule has 3 nitrogen and oxygen atoms in total. The Bertz CT molecular complexity index is 438. The van der Waals surface area contributed by atoms with Crippen LogP contribution in [0.25, 0.3) is 0 Å². The number of benzene rings is 1. The van der Waals surface area contributed by atoms with E-state index >= 15 is 0 Å². The first kappa shape index (κ1) is 16.3. The van der Waals surface area contributed by atoms with Crippen molar-refractivity contribution in [3.8, 4) is 11.5 Å². The monoisotopic (exact) mass is 347 g/mol. The maximum absolute atomic E-state index is 6.23. The van der Waals surface area contributed by atoms with E-state index < -0.39 is 0 Å². The second kappa shape index (κ2) is 8.46. The zero-order chi connectivity index (χ0) is 14.3. The molecule has 0 fully saturated rings. The minimum Gasteiger partial charge on any atom is -0.493 e. The Balaban J connectivity index is 2.84. The van der Waals surface area contributed by atoms with Crippen LogP contribution in [0, 0.1) is 0 Å². The maximum atomic E-state index is 6.23. The van der Waals surface area contributed by atoms with E-state index in [0.717, 1.165) is 29.6 Å². The molecule has 0 spiro atoms. The summed E-state index contributed by atoms with van der Waals surface area (Å²) in [5.41, 5.74) is 1.07. The van der Waals surface area contributed by atoms with Gasteiger partial charge in [-0.05, 0) is 30.7 Å². The molecule has 19 heavy (non-hydrogen) atoms. The second-order valence-electron chi connectivity index (χ2n) is 4.09. The van der Waals surface area contributed by atoms with Crippen molar-refractivity contribution in [2.24, 2.45) is 0 Å². The van der Waals surface area contributed by atoms with Gasteiger partial charge < -0.3 is 14.8 Å². The Morgan fingerprint density at radius 2 is 2.21 bits per heavy atom. The summed E-state index contributed by atoms with van der Waals surface area (Å²) in [5.74, 6) is 1.18. The zero-order valence-corrected chi connectivity index (χ0v) is 13.6. The average molecular weight is 349 g/mol. The number of rotatable bonds is 8. The van der Waals surface area contributed by atoms with Gasteiger partial charge in [0, 0.05) is 11.0 Å². The van der Waals surface area contributed by atoms with Crippen LogP contribution in [-0.2, 0) is 6.54 Å². The predicted molar refractivity (Wildman–Crippen MR) is 83.6 cm³/mol. The summed E-state index contributed by atoms with van der Waals surface area (Å²) in [6, 6.07) is 3.82. The molecule has 0 aliphatic heterocycles. The number of methoxy groups -OCH3 is 1. The lowest BCUT2D eigenvalue weighted by molar-refractivity contribution is 0.325. The molecule has 1 aromatic rings. The standard InChI is InChI=1S/C14H19BrClNO2/c1-4-5-17-8-11-6-12(16)14(13(7-11)18-3)19-9-10(2)15/h6-7,17H,2,4-5,8-9H2,1,3H3. The first-order valence-corrected chi connectivity index (χ1v) is 7.28. The molecule has 1 aromatic carbocycles. The van der Waals surface area contributed by atoms with E-state index in [1.807, 2.05) is 12.1 Å². The fourth-order valence-corrected chi connectivity index (χ4v) is 1.98. The number of nitrogens with one attached hydrogen (secondary N) is 1. The molecule has 0 radical (unpaired) electrons. The molecule has 1 N–H and O–H groups in total. The second-order valence-corrected chi connectivity index (χ2v) is 5.62. The van der Waals surface area contributed by atoms with Crippen LogP contribution in [0.4, 0.5) is 0 Å². The summed E-state index contributed by atoms with van der Waals surface area (Å²) in [4.78, 5) is 0. The van der Waals surface area contributed by atoms with Gasteiger partial charge in [-0.25, -0.2) is 0 Å². The summed E-state index contributed by atoms with van der Waals surface area (Å²) < 4.78 is 11.6. The van der Waals surface area contributed by atoms with Crippen molar-refractivity contribution in [1.29, 1.82) is 0 Å². The summed E-state index contributed by atoms with van der Waals surface area (Å²) in [6.45, 7) is 7.93. The Morgan fingerprint density at radius 3 is 2.79 bits per heavy atom. The van der Waals surface area contributed by atoms with Gasteiger partial charge in [0.25, 0.3) is 0 Å². The summed E-state index contributed by atoms with van der Waals surface area (Å²) in [5, 5.41) is 3.87. The highest BCUT2D eigenvalue weighted by Crippen LogP contribution is 2.36. The molecule has 0 aliphatic rings. The summed E-state index contributed by atoms with van der Waals surface area (Å²) in [7, 11) is 1.60. The molecule has 1 rings (SSSR count). The SMILES string of the molecule is C=C(Br)COc1c(Cl)cc(CNCCC)cc1OC. The van der Waals surface area contributed by atoms with Crippen molar-refractivity contribution in [3.63, 3.8) is 0 Å². The number of hydrogen-bond acceptors (Lipinski definition) is 3. The number of halogens is 2. The van der Waals surface area contributed by atoms with Crippen LogP contribution in [0.5, 0.6) is 11.5 Å². The van der Waals surface area contributed by atoms with Crippen molar-refractivity contribution in [2.75, 3.05) is 20.3 Å². The lowest BCUT2D eigenvalue weighted by atomic mass is 10.2. The topological polar surface area (TPSA) is 30.5 Å². The minimum atomic E-state index is 0.351. The van der Waals surface area contributed by atoms with Crippen LogP contribution in [-0.4, -0.2) is 20.3 Å². The fourth-order valence-electron chi connectivity index (χ4n) is 1.58. The van der Waals surface area contributed by atoms with Crippen LogP contribution in [0.15, 0.2) is 23.2 Å². The van der Waals surface area contributed by atoms with E-state index in [4.69, 9.17) is 21.1 Å². The average Bonchev–Trinajstić information content (AvgIpc) is 2.37. The van der Waals surface area contributed by atoms with Crippen LogP contribution < -0.4 is 14.8 Å². The zero-order valence-electron chi connectivity index (χ0n) is 11.3. The molecular weight excluding hydrogens is 330 g/mol. The van der Waals surface area contributed by atoms with Crippen molar-refractivity contribution >= 4 is 27.5 Å². The van der Waals surface area contributed by atoms with Crippen molar-refractivity contribution in [2.45, 2.75) is 19.9 Å². The Hall–Kier alpha value is -0.710. The highest BCUT2D eigenvalue weighted by molar-refractivity contribution is 9.11. The molecule has 5 heteroatoms. The molecular formula is C14H19BrClNO2. The molecule has 106 valence electrons. The molecule has 0 saturated carbocycles. The van der Waals surface area contributed by atoms with Gasteiger partial charge >= 0.3 is 0 Å². The van der Waals surface area contributed by atoms with Gasteiger partial charge in [-0.15, -0.1) is 0 Å². The molecule has 0 bridgehead atoms. The van der Waals surface area contributed by atoms with Crippen molar-refractivity contribution in [1.82, 2.24) is 5.32 Å². The van der Waals surface area contributed by atoms with Gasteiger partial charge in [0.1, 0.15) is 6.61 Å². The van der Waals surface area contributed by atoms with Crippen molar-refractivity contribution < 1.29 is 9.47 Å². The lowest BCUT2D eigenvalue weighted by Crippen LogP contribution is -2.14. The first-order valence-electron chi connectivity index (χ1n) is 6.11. The molecule has 0 heterocycles. The van der Waals surface area contributed by atoms with E-state index in [2.05, 4.69) is 34.7 Å². The van der Waals surface area contributed by atoms with Crippen LogP contribution in [0.3, 0.4) is 0 Å². The normalized spacial score (nSPS) is 10.3. The van der Waals surface area contributed by atoms with E-state index in [1.165, 1.54) is 0 Å². The third kappa shape index (κ3) is 5.43. The van der Waals surface area contributed by atoms with Crippen LogP contribution in [0.1, 0.15) is 18.9 Å². The number of hydrogen-bond donors (Lipinski definition) is 1. The van der Waals surface area contributed by atoms with Crippen LogP contribution in [0.2, 0.25) is 5.02 Å². The van der Waals surface area contributed by atoms with Gasteiger partial charge in [0.15, 0.2) is 11.5 Å². The van der Waals surface area contributed by atoms with Gasteiger partial charge in [-0.2, -0.15) is 0 Å². The fraction of sp³-hybridized carbons (Fsp3) is 0.429. The first-order chi connectivity index (χ1) is 9.08. The molecule has 0 atom stereocenters. The maximum Gasteiger partial charge on any atom is 0.180 e. The molecule has 0 aliphatic carbocycles. The predicted octanol–water partition coefficient (Wildman–Crippen LogP) is 4.14. The summed E-state index contributed by atoms with van der Waals surface area (Å²) in [6.07, 6.45) is 1.10. The largest absolute Gasteiger partial charge is 0.493 e. The third-order valence-electron chi connectivity index (χ3n) is 2.42. The molecule has 0 aromatic heterocycles.